The lowest BCUT2D eigenvalue weighted by Gasteiger charge is -2.35. The highest BCUT2D eigenvalue weighted by molar-refractivity contribution is 6.00. The number of carbonyl (C=O) groups excluding carboxylic acids is 1. The Morgan fingerprint density at radius 1 is 1.42 bits per heavy atom. The quantitative estimate of drug-likeness (QED) is 0.903. The molecule has 1 N–H and O–H groups in total. The number of amides is 1. The monoisotopic (exact) mass is 260 g/mol. The van der Waals surface area contributed by atoms with Crippen LogP contribution in [-0.4, -0.2) is 30.4 Å². The van der Waals surface area contributed by atoms with Crippen molar-refractivity contribution in [3.63, 3.8) is 0 Å². The highest BCUT2D eigenvalue weighted by atomic mass is 16.2. The van der Waals surface area contributed by atoms with Gasteiger partial charge >= 0.3 is 0 Å². The predicted octanol–water partition coefficient (Wildman–Crippen LogP) is 3.44. The molecule has 104 valence electrons. The summed E-state index contributed by atoms with van der Waals surface area (Å²) in [7, 11) is 1.87. The third kappa shape index (κ3) is 2.91. The van der Waals surface area contributed by atoms with Gasteiger partial charge in [0, 0.05) is 25.3 Å². The van der Waals surface area contributed by atoms with E-state index in [1.54, 1.807) is 0 Å². The zero-order chi connectivity index (χ0) is 13.8. The van der Waals surface area contributed by atoms with Gasteiger partial charge in [-0.2, -0.15) is 0 Å². The number of anilines is 1. The van der Waals surface area contributed by atoms with E-state index in [1.807, 2.05) is 32.2 Å². The largest absolute Gasteiger partial charge is 0.387 e. The Morgan fingerprint density at radius 2 is 2.21 bits per heavy atom. The molecule has 0 aliphatic carbocycles. The van der Waals surface area contributed by atoms with E-state index in [0.29, 0.717) is 6.04 Å². The number of nitrogens with one attached hydrogen (secondary N) is 1. The summed E-state index contributed by atoms with van der Waals surface area (Å²) in [4.78, 5) is 14.8. The molecule has 3 nitrogen and oxygen atoms in total. The van der Waals surface area contributed by atoms with Crippen LogP contribution in [0.3, 0.4) is 0 Å². The second kappa shape index (κ2) is 6.09. The van der Waals surface area contributed by atoms with Gasteiger partial charge in [0.15, 0.2) is 0 Å². The Balaban J connectivity index is 2.27. The Morgan fingerprint density at radius 3 is 2.89 bits per heavy atom. The number of likely N-dealkylation sites (tertiary alicyclic amines) is 1. The first kappa shape index (κ1) is 13.9. The molecular weight excluding hydrogens is 236 g/mol. The first-order valence-electron chi connectivity index (χ1n) is 7.26. The minimum Gasteiger partial charge on any atom is -0.387 e. The van der Waals surface area contributed by atoms with E-state index in [9.17, 15) is 4.79 Å². The van der Waals surface area contributed by atoms with E-state index in [2.05, 4.69) is 17.1 Å². The number of hydrogen-bond acceptors (Lipinski definition) is 2. The minimum atomic E-state index is 0.177. The number of rotatable bonds is 3. The van der Waals surface area contributed by atoms with Gasteiger partial charge in [-0.25, -0.2) is 0 Å². The fraction of sp³-hybridized carbons (Fsp3) is 0.562. The van der Waals surface area contributed by atoms with E-state index in [0.717, 1.165) is 37.1 Å². The molecule has 0 saturated carbocycles. The Labute approximate surface area is 116 Å². The SMILES string of the molecule is CCC1CCCCN1C(=O)c1ccc(C)cc1NC. The van der Waals surface area contributed by atoms with Crippen LogP contribution in [0.2, 0.25) is 0 Å². The van der Waals surface area contributed by atoms with Gasteiger partial charge in [-0.15, -0.1) is 0 Å². The van der Waals surface area contributed by atoms with Gasteiger partial charge in [-0.1, -0.05) is 13.0 Å². The highest BCUT2D eigenvalue weighted by Crippen LogP contribution is 2.25. The van der Waals surface area contributed by atoms with Crippen LogP contribution >= 0.6 is 0 Å². The summed E-state index contributed by atoms with van der Waals surface area (Å²) in [6.07, 6.45) is 4.56. The summed E-state index contributed by atoms with van der Waals surface area (Å²) in [6, 6.07) is 6.41. The van der Waals surface area contributed by atoms with Crippen molar-refractivity contribution in [1.82, 2.24) is 4.90 Å². The number of piperidine rings is 1. The minimum absolute atomic E-state index is 0.177. The van der Waals surface area contributed by atoms with Crippen LogP contribution < -0.4 is 5.32 Å². The Kier molecular flexibility index (Phi) is 4.46. The summed E-state index contributed by atoms with van der Waals surface area (Å²) in [5, 5.41) is 3.14. The number of carbonyl (C=O) groups is 1. The zero-order valence-electron chi connectivity index (χ0n) is 12.2. The molecule has 0 radical (unpaired) electrons. The summed E-state index contributed by atoms with van der Waals surface area (Å²) in [5.41, 5.74) is 2.91. The van der Waals surface area contributed by atoms with Crippen molar-refractivity contribution < 1.29 is 4.79 Å². The molecule has 0 aromatic heterocycles. The summed E-state index contributed by atoms with van der Waals surface area (Å²) < 4.78 is 0. The molecule has 0 spiro atoms. The fourth-order valence-electron chi connectivity index (χ4n) is 2.90. The van der Waals surface area contributed by atoms with E-state index in [4.69, 9.17) is 0 Å². The number of nitrogens with zero attached hydrogens (tertiary/aromatic N) is 1. The van der Waals surface area contributed by atoms with Gasteiger partial charge in [0.2, 0.25) is 0 Å². The normalized spacial score (nSPS) is 19.3. The van der Waals surface area contributed by atoms with Crippen LogP contribution in [0, 0.1) is 6.92 Å². The molecule has 1 heterocycles. The maximum absolute atomic E-state index is 12.7. The molecule has 0 bridgehead atoms. The molecule has 1 aromatic rings. The average molecular weight is 260 g/mol. The maximum Gasteiger partial charge on any atom is 0.256 e. The standard InChI is InChI=1S/C16H24N2O/c1-4-13-7-5-6-10-18(13)16(19)14-9-8-12(2)11-15(14)17-3/h8-9,11,13,17H,4-7,10H2,1-3H3. The van der Waals surface area contributed by atoms with Gasteiger partial charge in [0.05, 0.1) is 5.56 Å². The molecule has 1 aliphatic heterocycles. The van der Waals surface area contributed by atoms with Crippen molar-refractivity contribution in [2.75, 3.05) is 18.9 Å². The van der Waals surface area contributed by atoms with Crippen molar-refractivity contribution >= 4 is 11.6 Å². The van der Waals surface area contributed by atoms with Crippen LogP contribution in [0.25, 0.3) is 0 Å². The van der Waals surface area contributed by atoms with E-state index in [1.165, 1.54) is 12.0 Å². The number of benzene rings is 1. The van der Waals surface area contributed by atoms with Gasteiger partial charge in [0.1, 0.15) is 0 Å². The lowest BCUT2D eigenvalue weighted by molar-refractivity contribution is 0.0609. The molecule has 1 saturated heterocycles. The molecular formula is C16H24N2O. The molecule has 1 unspecified atom stereocenters. The Bertz CT molecular complexity index is 456. The zero-order valence-corrected chi connectivity index (χ0v) is 12.2. The maximum atomic E-state index is 12.7. The van der Waals surface area contributed by atoms with Gasteiger partial charge in [-0.3, -0.25) is 4.79 Å². The summed E-state index contributed by atoms with van der Waals surface area (Å²) in [5.74, 6) is 0.177. The first-order chi connectivity index (χ1) is 9.17. The molecule has 2 rings (SSSR count). The van der Waals surface area contributed by atoms with Gasteiger partial charge in [0.25, 0.3) is 5.91 Å². The average Bonchev–Trinajstić information content (AvgIpc) is 2.46. The smallest absolute Gasteiger partial charge is 0.256 e. The second-order valence-corrected chi connectivity index (χ2v) is 5.36. The topological polar surface area (TPSA) is 32.3 Å². The van der Waals surface area contributed by atoms with Crippen LogP contribution in [0.1, 0.15) is 48.5 Å². The molecule has 1 aromatic carbocycles. The van der Waals surface area contributed by atoms with Crippen molar-refractivity contribution in [1.29, 1.82) is 0 Å². The van der Waals surface area contributed by atoms with E-state index in [-0.39, 0.29) is 5.91 Å². The first-order valence-corrected chi connectivity index (χ1v) is 7.26. The van der Waals surface area contributed by atoms with Crippen molar-refractivity contribution in [2.45, 2.75) is 45.6 Å². The third-order valence-corrected chi connectivity index (χ3v) is 4.03. The molecule has 1 atom stereocenters. The van der Waals surface area contributed by atoms with E-state index < -0.39 is 0 Å². The molecule has 1 amide bonds. The molecule has 1 aliphatic rings. The lowest BCUT2D eigenvalue weighted by Crippen LogP contribution is -2.43. The van der Waals surface area contributed by atoms with Crippen molar-refractivity contribution in [3.8, 4) is 0 Å². The van der Waals surface area contributed by atoms with Crippen molar-refractivity contribution in [3.05, 3.63) is 29.3 Å². The van der Waals surface area contributed by atoms with Gasteiger partial charge in [-0.05, 0) is 50.3 Å². The van der Waals surface area contributed by atoms with Crippen LogP contribution in [0.5, 0.6) is 0 Å². The molecule has 1 fully saturated rings. The van der Waals surface area contributed by atoms with Crippen LogP contribution in [-0.2, 0) is 0 Å². The summed E-state index contributed by atoms with van der Waals surface area (Å²) in [6.45, 7) is 5.11. The Hall–Kier alpha value is -1.51. The highest BCUT2D eigenvalue weighted by Gasteiger charge is 2.27. The fourth-order valence-corrected chi connectivity index (χ4v) is 2.90. The van der Waals surface area contributed by atoms with Gasteiger partial charge < -0.3 is 10.2 Å². The summed E-state index contributed by atoms with van der Waals surface area (Å²) >= 11 is 0. The number of hydrogen-bond donors (Lipinski definition) is 1. The third-order valence-electron chi connectivity index (χ3n) is 4.03. The predicted molar refractivity (Wildman–Crippen MR) is 79.7 cm³/mol. The van der Waals surface area contributed by atoms with Crippen LogP contribution in [0.15, 0.2) is 18.2 Å². The van der Waals surface area contributed by atoms with Crippen LogP contribution in [0.4, 0.5) is 5.69 Å². The molecule has 3 heteroatoms. The molecule has 19 heavy (non-hydrogen) atoms. The second-order valence-electron chi connectivity index (χ2n) is 5.36. The van der Waals surface area contributed by atoms with Crippen molar-refractivity contribution in [2.24, 2.45) is 0 Å². The lowest BCUT2D eigenvalue weighted by atomic mass is 9.98. The van der Waals surface area contributed by atoms with E-state index >= 15 is 0 Å². The number of aryl methyl sites for hydroxylation is 1.